The van der Waals surface area contributed by atoms with Crippen LogP contribution >= 0.6 is 0 Å². The number of benzene rings is 1. The Morgan fingerprint density at radius 3 is 2.62 bits per heavy atom. The summed E-state index contributed by atoms with van der Waals surface area (Å²) in [7, 11) is -3.63. The first-order chi connectivity index (χ1) is 11.5. The molecule has 2 aromatic rings. The standard InChI is InChI=1S/C18H19N3O2S/c1-16-5-7-17(8-6-16)9-13-24(22,23)21(12-3-10-19)15-18-4-2-11-20-14-18/h2,4-9,11,13-14H,3,12,15H2,1H3/b13-9+. The summed E-state index contributed by atoms with van der Waals surface area (Å²) in [4.78, 5) is 4.00. The van der Waals surface area contributed by atoms with Crippen molar-refractivity contribution in [3.63, 3.8) is 0 Å². The lowest BCUT2D eigenvalue weighted by atomic mass is 10.2. The zero-order chi connectivity index (χ0) is 17.4. The summed E-state index contributed by atoms with van der Waals surface area (Å²) in [5, 5.41) is 9.96. The Labute approximate surface area is 142 Å². The van der Waals surface area contributed by atoms with Gasteiger partial charge in [0.25, 0.3) is 0 Å². The van der Waals surface area contributed by atoms with Crippen LogP contribution in [-0.4, -0.2) is 24.3 Å². The fourth-order valence-corrected chi connectivity index (χ4v) is 3.27. The lowest BCUT2D eigenvalue weighted by Gasteiger charge is -2.19. The highest BCUT2D eigenvalue weighted by Crippen LogP contribution is 2.13. The number of sulfonamides is 1. The van der Waals surface area contributed by atoms with Crippen molar-refractivity contribution in [1.82, 2.24) is 9.29 Å². The molecule has 0 unspecified atom stereocenters. The molecule has 0 saturated heterocycles. The second-order valence-corrected chi connectivity index (χ2v) is 7.18. The minimum Gasteiger partial charge on any atom is -0.264 e. The van der Waals surface area contributed by atoms with Crippen molar-refractivity contribution >= 4 is 16.1 Å². The maximum absolute atomic E-state index is 12.6. The highest BCUT2D eigenvalue weighted by molar-refractivity contribution is 7.92. The molecule has 0 N–H and O–H groups in total. The number of aryl methyl sites for hydroxylation is 1. The monoisotopic (exact) mass is 341 g/mol. The Balaban J connectivity index is 2.19. The average Bonchev–Trinajstić information content (AvgIpc) is 2.59. The van der Waals surface area contributed by atoms with Crippen LogP contribution < -0.4 is 0 Å². The Hall–Kier alpha value is -2.49. The molecule has 0 aliphatic carbocycles. The number of hydrogen-bond acceptors (Lipinski definition) is 4. The highest BCUT2D eigenvalue weighted by Gasteiger charge is 2.19. The fraction of sp³-hybridized carbons (Fsp3) is 0.222. The van der Waals surface area contributed by atoms with Crippen molar-refractivity contribution in [1.29, 1.82) is 5.26 Å². The number of nitrogens with zero attached hydrogens (tertiary/aromatic N) is 3. The second-order valence-electron chi connectivity index (χ2n) is 5.36. The SMILES string of the molecule is Cc1ccc(/C=C/S(=O)(=O)N(CCC#N)Cc2cccnc2)cc1. The summed E-state index contributed by atoms with van der Waals surface area (Å²) in [6.45, 7) is 2.31. The molecular formula is C18H19N3O2S. The first-order valence-electron chi connectivity index (χ1n) is 7.52. The number of hydrogen-bond donors (Lipinski definition) is 0. The van der Waals surface area contributed by atoms with Crippen molar-refractivity contribution in [2.75, 3.05) is 6.54 Å². The van der Waals surface area contributed by atoms with Crippen LogP contribution in [0.25, 0.3) is 6.08 Å². The summed E-state index contributed by atoms with van der Waals surface area (Å²) in [5.41, 5.74) is 2.70. The summed E-state index contributed by atoms with van der Waals surface area (Å²) in [5.74, 6) is 0. The van der Waals surface area contributed by atoms with Crippen molar-refractivity contribution in [2.24, 2.45) is 0 Å². The van der Waals surface area contributed by atoms with E-state index in [4.69, 9.17) is 5.26 Å². The molecular weight excluding hydrogens is 322 g/mol. The van der Waals surface area contributed by atoms with Crippen LogP contribution in [0.4, 0.5) is 0 Å². The molecule has 0 bridgehead atoms. The summed E-state index contributed by atoms with van der Waals surface area (Å²) >= 11 is 0. The molecule has 1 aromatic carbocycles. The van der Waals surface area contributed by atoms with Crippen LogP contribution in [0, 0.1) is 18.3 Å². The largest absolute Gasteiger partial charge is 0.264 e. The first kappa shape index (κ1) is 17.9. The Bertz CT molecular complexity index is 823. The topological polar surface area (TPSA) is 74.1 Å². The van der Waals surface area contributed by atoms with Crippen LogP contribution in [0.5, 0.6) is 0 Å². The lowest BCUT2D eigenvalue weighted by Crippen LogP contribution is -2.29. The van der Waals surface area contributed by atoms with E-state index < -0.39 is 10.0 Å². The zero-order valence-corrected chi connectivity index (χ0v) is 14.3. The molecule has 5 nitrogen and oxygen atoms in total. The van der Waals surface area contributed by atoms with Crippen molar-refractivity contribution in [3.8, 4) is 6.07 Å². The molecule has 0 saturated carbocycles. The minimum absolute atomic E-state index is 0.137. The maximum Gasteiger partial charge on any atom is 0.236 e. The predicted octanol–water partition coefficient (Wildman–Crippen LogP) is 3.11. The highest BCUT2D eigenvalue weighted by atomic mass is 32.2. The van der Waals surface area contributed by atoms with Gasteiger partial charge in [0, 0.05) is 37.3 Å². The van der Waals surface area contributed by atoms with E-state index in [-0.39, 0.29) is 19.5 Å². The maximum atomic E-state index is 12.6. The van der Waals surface area contributed by atoms with Gasteiger partial charge in [-0.15, -0.1) is 0 Å². The average molecular weight is 341 g/mol. The summed E-state index contributed by atoms with van der Waals surface area (Å²) < 4.78 is 26.5. The molecule has 0 spiro atoms. The molecule has 0 aliphatic heterocycles. The van der Waals surface area contributed by atoms with Crippen molar-refractivity contribution < 1.29 is 8.42 Å². The van der Waals surface area contributed by atoms with E-state index in [1.54, 1.807) is 24.5 Å². The van der Waals surface area contributed by atoms with E-state index in [2.05, 4.69) is 4.98 Å². The third-order valence-electron chi connectivity index (χ3n) is 3.42. The fourth-order valence-electron chi connectivity index (χ4n) is 2.09. The van der Waals surface area contributed by atoms with Crippen LogP contribution in [0.3, 0.4) is 0 Å². The van der Waals surface area contributed by atoms with E-state index in [1.165, 1.54) is 9.71 Å². The molecule has 124 valence electrons. The van der Waals surface area contributed by atoms with E-state index in [0.717, 1.165) is 16.7 Å². The molecule has 0 fully saturated rings. The zero-order valence-electron chi connectivity index (χ0n) is 13.5. The predicted molar refractivity (Wildman–Crippen MR) is 94.0 cm³/mol. The number of nitriles is 1. The van der Waals surface area contributed by atoms with Crippen LogP contribution in [0.2, 0.25) is 0 Å². The molecule has 0 radical (unpaired) electrons. The van der Waals surface area contributed by atoms with Gasteiger partial charge in [-0.05, 0) is 30.2 Å². The smallest absolute Gasteiger partial charge is 0.236 e. The van der Waals surface area contributed by atoms with Gasteiger partial charge >= 0.3 is 0 Å². The quantitative estimate of drug-likeness (QED) is 0.775. The Morgan fingerprint density at radius 1 is 1.25 bits per heavy atom. The van der Waals surface area contributed by atoms with Crippen LogP contribution in [-0.2, 0) is 16.6 Å². The molecule has 1 aromatic heterocycles. The van der Waals surface area contributed by atoms with Crippen molar-refractivity contribution in [2.45, 2.75) is 19.9 Å². The summed E-state index contributed by atoms with van der Waals surface area (Å²) in [6.07, 6.45) is 4.96. The van der Waals surface area contributed by atoms with Gasteiger partial charge in [0.15, 0.2) is 0 Å². The Kier molecular flexibility index (Phi) is 6.24. The third-order valence-corrected chi connectivity index (χ3v) is 4.94. The van der Waals surface area contributed by atoms with Gasteiger partial charge in [-0.25, -0.2) is 8.42 Å². The van der Waals surface area contributed by atoms with Crippen molar-refractivity contribution in [3.05, 3.63) is 70.9 Å². The van der Waals surface area contributed by atoms with Gasteiger partial charge in [-0.2, -0.15) is 9.57 Å². The third kappa shape index (κ3) is 5.30. The molecule has 1 heterocycles. The lowest BCUT2D eigenvalue weighted by molar-refractivity contribution is 0.419. The number of aromatic nitrogens is 1. The number of rotatable bonds is 7. The van der Waals surface area contributed by atoms with Gasteiger partial charge in [0.1, 0.15) is 0 Å². The molecule has 0 atom stereocenters. The van der Waals surface area contributed by atoms with Crippen LogP contribution in [0.15, 0.2) is 54.2 Å². The summed E-state index contributed by atoms with van der Waals surface area (Å²) in [6, 6.07) is 13.1. The Morgan fingerprint density at radius 2 is 2.00 bits per heavy atom. The van der Waals surface area contributed by atoms with Gasteiger partial charge < -0.3 is 0 Å². The van der Waals surface area contributed by atoms with Gasteiger partial charge in [0.05, 0.1) is 6.07 Å². The molecule has 0 amide bonds. The van der Waals surface area contributed by atoms with Crippen LogP contribution in [0.1, 0.15) is 23.1 Å². The second kappa shape index (κ2) is 8.39. The molecule has 24 heavy (non-hydrogen) atoms. The van der Waals surface area contributed by atoms with Gasteiger partial charge in [0.2, 0.25) is 10.0 Å². The van der Waals surface area contributed by atoms with E-state index in [9.17, 15) is 8.42 Å². The number of pyridine rings is 1. The minimum atomic E-state index is -3.63. The molecule has 6 heteroatoms. The van der Waals surface area contributed by atoms with E-state index in [1.807, 2.05) is 43.3 Å². The molecule has 2 rings (SSSR count). The van der Waals surface area contributed by atoms with Gasteiger partial charge in [-0.3, -0.25) is 4.98 Å². The van der Waals surface area contributed by atoms with E-state index >= 15 is 0 Å². The first-order valence-corrected chi connectivity index (χ1v) is 9.02. The van der Waals surface area contributed by atoms with E-state index in [0.29, 0.717) is 0 Å². The van der Waals surface area contributed by atoms with Gasteiger partial charge in [-0.1, -0.05) is 35.9 Å². The molecule has 0 aliphatic rings. The normalized spacial score (nSPS) is 11.7.